The van der Waals surface area contributed by atoms with E-state index in [4.69, 9.17) is 15.0 Å². The molecule has 57 heavy (non-hydrogen) atoms. The number of aromatic nitrogens is 3. The summed E-state index contributed by atoms with van der Waals surface area (Å²) in [6, 6.07) is 72.2. The summed E-state index contributed by atoms with van der Waals surface area (Å²) < 4.78 is 0. The third kappa shape index (κ3) is 4.69. The van der Waals surface area contributed by atoms with Crippen molar-refractivity contribution in [1.82, 2.24) is 15.0 Å². The minimum Gasteiger partial charge on any atom is -0.208 e. The normalized spacial score (nSPS) is 13.1. The van der Waals surface area contributed by atoms with Gasteiger partial charge in [0.2, 0.25) is 0 Å². The molecule has 1 heterocycles. The Kier molecular flexibility index (Phi) is 6.84. The first-order valence-corrected chi connectivity index (χ1v) is 19.5. The summed E-state index contributed by atoms with van der Waals surface area (Å²) in [5, 5.41) is 4.65. The Bertz CT molecular complexity index is 3110. The van der Waals surface area contributed by atoms with Gasteiger partial charge in [-0.2, -0.15) is 0 Å². The van der Waals surface area contributed by atoms with Crippen molar-refractivity contribution in [2.24, 2.45) is 0 Å². The topological polar surface area (TPSA) is 38.7 Å². The summed E-state index contributed by atoms with van der Waals surface area (Å²) in [4.78, 5) is 15.7. The molecule has 0 aliphatic heterocycles. The second-order valence-electron chi connectivity index (χ2n) is 15.1. The molecule has 1 aromatic heterocycles. The Balaban J connectivity index is 1.08. The lowest BCUT2D eigenvalue weighted by molar-refractivity contribution is 0.794. The molecule has 1 spiro atoms. The van der Waals surface area contributed by atoms with E-state index >= 15 is 0 Å². The summed E-state index contributed by atoms with van der Waals surface area (Å²) in [6.45, 7) is 0. The molecule has 0 N–H and O–H groups in total. The third-order valence-corrected chi connectivity index (χ3v) is 12.1. The number of hydrogen-bond donors (Lipinski definition) is 0. The molecule has 0 atom stereocenters. The van der Waals surface area contributed by atoms with Crippen LogP contribution in [0.1, 0.15) is 22.3 Å². The highest BCUT2D eigenvalue weighted by molar-refractivity contribution is 5.97. The molecule has 0 radical (unpaired) electrons. The van der Waals surface area contributed by atoms with Crippen molar-refractivity contribution in [3.8, 4) is 67.5 Å². The maximum absolute atomic E-state index is 5.27. The van der Waals surface area contributed by atoms with E-state index in [1.165, 1.54) is 55.3 Å². The fraction of sp³-hybridized carbons (Fsp3) is 0.0185. The number of rotatable bonds is 4. The summed E-state index contributed by atoms with van der Waals surface area (Å²) in [5.74, 6) is 1.93. The zero-order valence-electron chi connectivity index (χ0n) is 30.9. The van der Waals surface area contributed by atoms with Gasteiger partial charge in [0, 0.05) is 16.7 Å². The van der Waals surface area contributed by atoms with Gasteiger partial charge in [0.15, 0.2) is 17.5 Å². The van der Waals surface area contributed by atoms with Gasteiger partial charge in [-0.1, -0.05) is 182 Å². The van der Waals surface area contributed by atoms with Crippen LogP contribution in [0, 0.1) is 0 Å². The van der Waals surface area contributed by atoms with Crippen molar-refractivity contribution < 1.29 is 0 Å². The van der Waals surface area contributed by atoms with Crippen molar-refractivity contribution in [3.63, 3.8) is 0 Å². The van der Waals surface area contributed by atoms with Crippen LogP contribution in [0.25, 0.3) is 89.1 Å². The molecule has 12 rings (SSSR count). The van der Waals surface area contributed by atoms with Crippen molar-refractivity contribution in [1.29, 1.82) is 0 Å². The Morgan fingerprint density at radius 3 is 1.16 bits per heavy atom. The van der Waals surface area contributed by atoms with E-state index in [0.29, 0.717) is 17.5 Å². The predicted molar refractivity (Wildman–Crippen MR) is 233 cm³/mol. The van der Waals surface area contributed by atoms with Crippen LogP contribution in [0.15, 0.2) is 200 Å². The summed E-state index contributed by atoms with van der Waals surface area (Å²) in [5.41, 5.74) is 15.1. The second kappa shape index (κ2) is 12.3. The van der Waals surface area contributed by atoms with Gasteiger partial charge in [-0.05, 0) is 95.4 Å². The molecular weight excluding hydrogens is 691 g/mol. The average Bonchev–Trinajstić information content (AvgIpc) is 3.75. The minimum absolute atomic E-state index is 0.427. The molecule has 0 saturated carbocycles. The lowest BCUT2D eigenvalue weighted by Crippen LogP contribution is -2.25. The van der Waals surface area contributed by atoms with Gasteiger partial charge in [-0.3, -0.25) is 0 Å². The summed E-state index contributed by atoms with van der Waals surface area (Å²) in [7, 11) is 0. The van der Waals surface area contributed by atoms with Crippen LogP contribution in [0.2, 0.25) is 0 Å². The molecule has 2 aliphatic carbocycles. The molecule has 0 fully saturated rings. The van der Waals surface area contributed by atoms with Crippen LogP contribution in [-0.4, -0.2) is 15.0 Å². The van der Waals surface area contributed by atoms with E-state index < -0.39 is 5.41 Å². The second-order valence-corrected chi connectivity index (χ2v) is 15.1. The summed E-state index contributed by atoms with van der Waals surface area (Å²) >= 11 is 0. The molecule has 0 amide bonds. The molecule has 0 bridgehead atoms. The molecule has 3 nitrogen and oxygen atoms in total. The average molecular weight is 724 g/mol. The number of fused-ring (bicyclic) bond motifs is 12. The van der Waals surface area contributed by atoms with E-state index in [9.17, 15) is 0 Å². The van der Waals surface area contributed by atoms with Crippen molar-refractivity contribution >= 4 is 21.5 Å². The van der Waals surface area contributed by atoms with E-state index in [1.54, 1.807) is 0 Å². The van der Waals surface area contributed by atoms with Crippen molar-refractivity contribution in [3.05, 3.63) is 222 Å². The SMILES string of the molecule is c1ccc(-c2nc(-c3ccc4ccccc4c3)nc(-c3ccc4ccccc4c3)n2)c(-c2ccc3c(c2)C2(c4ccccc4-c4ccccc42)c2ccccc2-3)c1. The molecule has 3 heteroatoms. The Hall–Kier alpha value is -7.49. The van der Waals surface area contributed by atoms with Crippen LogP contribution in [0.3, 0.4) is 0 Å². The molecule has 2 aliphatic rings. The first-order chi connectivity index (χ1) is 28.2. The molecule has 264 valence electrons. The Labute approximate surface area is 330 Å². The first-order valence-electron chi connectivity index (χ1n) is 19.5. The highest BCUT2D eigenvalue weighted by Gasteiger charge is 2.51. The molecule has 0 saturated heterocycles. The van der Waals surface area contributed by atoms with Gasteiger partial charge in [0.1, 0.15) is 0 Å². The molecular formula is C54H33N3. The van der Waals surface area contributed by atoms with Crippen LogP contribution >= 0.6 is 0 Å². The largest absolute Gasteiger partial charge is 0.208 e. The van der Waals surface area contributed by atoms with Gasteiger partial charge >= 0.3 is 0 Å². The number of benzene rings is 9. The van der Waals surface area contributed by atoms with Crippen LogP contribution in [0.4, 0.5) is 0 Å². The quantitative estimate of drug-likeness (QED) is 0.181. The van der Waals surface area contributed by atoms with Crippen molar-refractivity contribution in [2.75, 3.05) is 0 Å². The van der Waals surface area contributed by atoms with E-state index in [1.807, 2.05) is 0 Å². The number of nitrogens with zero attached hydrogens (tertiary/aromatic N) is 3. The first kappa shape index (κ1) is 31.8. The Morgan fingerprint density at radius 1 is 0.246 bits per heavy atom. The smallest absolute Gasteiger partial charge is 0.164 e. The van der Waals surface area contributed by atoms with Gasteiger partial charge < -0.3 is 0 Å². The van der Waals surface area contributed by atoms with Gasteiger partial charge in [-0.15, -0.1) is 0 Å². The van der Waals surface area contributed by atoms with Crippen LogP contribution in [-0.2, 0) is 5.41 Å². The third-order valence-electron chi connectivity index (χ3n) is 12.1. The fourth-order valence-electron chi connectivity index (χ4n) is 9.60. The predicted octanol–water partition coefficient (Wildman–Crippen LogP) is 13.2. The minimum atomic E-state index is -0.427. The summed E-state index contributed by atoms with van der Waals surface area (Å²) in [6.07, 6.45) is 0. The maximum Gasteiger partial charge on any atom is 0.164 e. The maximum atomic E-state index is 5.27. The van der Waals surface area contributed by atoms with E-state index in [2.05, 4.69) is 200 Å². The van der Waals surface area contributed by atoms with Crippen molar-refractivity contribution in [2.45, 2.75) is 5.41 Å². The highest BCUT2D eigenvalue weighted by atomic mass is 15.0. The molecule has 9 aromatic carbocycles. The zero-order valence-corrected chi connectivity index (χ0v) is 30.9. The van der Waals surface area contributed by atoms with Gasteiger partial charge in [0.05, 0.1) is 5.41 Å². The van der Waals surface area contributed by atoms with Gasteiger partial charge in [-0.25, -0.2) is 15.0 Å². The highest BCUT2D eigenvalue weighted by Crippen LogP contribution is 2.63. The van der Waals surface area contributed by atoms with Crippen LogP contribution < -0.4 is 0 Å². The fourth-order valence-corrected chi connectivity index (χ4v) is 9.60. The molecule has 0 unspecified atom stereocenters. The number of hydrogen-bond acceptors (Lipinski definition) is 3. The van der Waals surface area contributed by atoms with Crippen LogP contribution in [0.5, 0.6) is 0 Å². The lowest BCUT2D eigenvalue weighted by atomic mass is 9.70. The standard InChI is InChI=1S/C54H33N3/c1-3-15-36-31-39(27-25-34(36)13-1)51-55-52(40-28-26-35-14-2-4-16-37(35)32-40)57-53(56-51)46-21-6-5-17-41(46)38-29-30-45-44-20-9-12-24-49(44)54(50(45)33-38)47-22-10-7-18-42(47)43-19-8-11-23-48(43)54/h1-33H. The lowest BCUT2D eigenvalue weighted by Gasteiger charge is -2.30. The van der Waals surface area contributed by atoms with E-state index in [0.717, 1.165) is 38.6 Å². The van der Waals surface area contributed by atoms with Gasteiger partial charge in [0.25, 0.3) is 0 Å². The van der Waals surface area contributed by atoms with E-state index in [-0.39, 0.29) is 0 Å². The zero-order chi connectivity index (χ0) is 37.5. The molecule has 10 aromatic rings. The Morgan fingerprint density at radius 2 is 0.632 bits per heavy atom. The monoisotopic (exact) mass is 723 g/mol.